The van der Waals surface area contributed by atoms with Gasteiger partial charge in [0.1, 0.15) is 10.7 Å². The average molecular weight is 286 g/mol. The minimum atomic E-state index is -0.210. The van der Waals surface area contributed by atoms with Crippen LogP contribution in [0.1, 0.15) is 19.0 Å². The molecule has 0 amide bonds. The third-order valence-electron chi connectivity index (χ3n) is 2.27. The molecular formula is C9H14N6OS2. The molecule has 0 saturated heterocycles. The minimum absolute atomic E-state index is 0.210. The number of thioether (sulfide) groups is 1. The first-order valence-electron chi connectivity index (χ1n) is 5.51. The van der Waals surface area contributed by atoms with Crippen LogP contribution in [0, 0.1) is 0 Å². The van der Waals surface area contributed by atoms with E-state index in [2.05, 4.69) is 32.0 Å². The molecule has 2 heterocycles. The SMILES string of the molecule is CCCNc1snnc1CSc1n[nH]c(=O)n1C. The van der Waals surface area contributed by atoms with E-state index in [0.717, 1.165) is 23.7 Å². The van der Waals surface area contributed by atoms with E-state index in [1.54, 1.807) is 7.05 Å². The molecule has 2 aromatic heterocycles. The van der Waals surface area contributed by atoms with Gasteiger partial charge in [0, 0.05) is 30.9 Å². The molecule has 18 heavy (non-hydrogen) atoms. The van der Waals surface area contributed by atoms with Crippen molar-refractivity contribution in [1.82, 2.24) is 24.4 Å². The van der Waals surface area contributed by atoms with Crippen LogP contribution in [0.2, 0.25) is 0 Å². The monoisotopic (exact) mass is 286 g/mol. The lowest BCUT2D eigenvalue weighted by molar-refractivity contribution is 0.765. The normalized spacial score (nSPS) is 10.8. The standard InChI is InChI=1S/C9H14N6OS2/c1-3-4-10-7-6(11-14-18-7)5-17-9-13-12-8(16)15(9)2/h10H,3-5H2,1-2H3,(H,12,16). The Bertz CT molecular complexity index is 559. The Morgan fingerprint density at radius 3 is 3.06 bits per heavy atom. The number of H-pyrrole nitrogens is 1. The maximum atomic E-state index is 11.2. The number of nitrogens with one attached hydrogen (secondary N) is 2. The second kappa shape index (κ2) is 6.01. The number of anilines is 1. The quantitative estimate of drug-likeness (QED) is 0.772. The molecule has 7 nitrogen and oxygen atoms in total. The van der Waals surface area contributed by atoms with E-state index in [-0.39, 0.29) is 5.69 Å². The third kappa shape index (κ3) is 2.91. The summed E-state index contributed by atoms with van der Waals surface area (Å²) in [4.78, 5) is 11.2. The molecule has 0 fully saturated rings. The predicted octanol–water partition coefficient (Wildman–Crippen LogP) is 1.07. The van der Waals surface area contributed by atoms with E-state index in [1.165, 1.54) is 27.9 Å². The van der Waals surface area contributed by atoms with Gasteiger partial charge in [0.05, 0.1) is 0 Å². The summed E-state index contributed by atoms with van der Waals surface area (Å²) in [5, 5.41) is 15.3. The van der Waals surface area contributed by atoms with Crippen molar-refractivity contribution in [3.63, 3.8) is 0 Å². The molecule has 2 N–H and O–H groups in total. The van der Waals surface area contributed by atoms with E-state index in [9.17, 15) is 4.79 Å². The van der Waals surface area contributed by atoms with Crippen LogP contribution in [0.25, 0.3) is 0 Å². The van der Waals surface area contributed by atoms with Crippen LogP contribution in [-0.2, 0) is 12.8 Å². The highest BCUT2D eigenvalue weighted by atomic mass is 32.2. The Hall–Kier alpha value is -1.35. The van der Waals surface area contributed by atoms with Gasteiger partial charge < -0.3 is 5.32 Å². The van der Waals surface area contributed by atoms with Gasteiger partial charge in [-0.3, -0.25) is 4.57 Å². The highest BCUT2D eigenvalue weighted by Gasteiger charge is 2.10. The number of aromatic nitrogens is 5. The summed E-state index contributed by atoms with van der Waals surface area (Å²) in [7, 11) is 1.68. The first-order chi connectivity index (χ1) is 8.72. The summed E-state index contributed by atoms with van der Waals surface area (Å²) in [6.07, 6.45) is 1.05. The molecule has 0 atom stereocenters. The first-order valence-corrected chi connectivity index (χ1v) is 7.27. The molecule has 0 aliphatic heterocycles. The largest absolute Gasteiger partial charge is 0.374 e. The van der Waals surface area contributed by atoms with Crippen LogP contribution >= 0.6 is 23.3 Å². The summed E-state index contributed by atoms with van der Waals surface area (Å²) in [6.45, 7) is 3.01. The van der Waals surface area contributed by atoms with Crippen molar-refractivity contribution in [2.75, 3.05) is 11.9 Å². The van der Waals surface area contributed by atoms with Crippen LogP contribution in [0.15, 0.2) is 9.95 Å². The Kier molecular flexibility index (Phi) is 4.37. The lowest BCUT2D eigenvalue weighted by Gasteiger charge is -2.02. The van der Waals surface area contributed by atoms with Crippen LogP contribution in [0.3, 0.4) is 0 Å². The van der Waals surface area contributed by atoms with E-state index in [0.29, 0.717) is 10.9 Å². The van der Waals surface area contributed by atoms with Crippen LogP contribution in [-0.4, -0.2) is 30.9 Å². The maximum absolute atomic E-state index is 11.2. The molecule has 0 aliphatic carbocycles. The number of hydrogen-bond donors (Lipinski definition) is 2. The Morgan fingerprint density at radius 1 is 1.56 bits per heavy atom. The van der Waals surface area contributed by atoms with Crippen molar-refractivity contribution in [3.05, 3.63) is 16.2 Å². The summed E-state index contributed by atoms with van der Waals surface area (Å²) in [5.74, 6) is 0.640. The Labute approximate surface area is 112 Å². The van der Waals surface area contributed by atoms with Gasteiger partial charge in [-0.15, -0.1) is 10.2 Å². The summed E-state index contributed by atoms with van der Waals surface area (Å²) >= 11 is 2.81. The molecule has 0 saturated carbocycles. The summed E-state index contributed by atoms with van der Waals surface area (Å²) in [5.41, 5.74) is 0.687. The zero-order valence-corrected chi connectivity index (χ0v) is 11.8. The van der Waals surface area contributed by atoms with E-state index >= 15 is 0 Å². The number of nitrogens with zero attached hydrogens (tertiary/aromatic N) is 4. The Morgan fingerprint density at radius 2 is 2.39 bits per heavy atom. The molecule has 98 valence electrons. The molecule has 0 spiro atoms. The maximum Gasteiger partial charge on any atom is 0.343 e. The van der Waals surface area contributed by atoms with Crippen LogP contribution < -0.4 is 11.0 Å². The van der Waals surface area contributed by atoms with Gasteiger partial charge in [-0.05, 0) is 6.42 Å². The zero-order valence-electron chi connectivity index (χ0n) is 10.1. The summed E-state index contributed by atoms with van der Waals surface area (Å²) < 4.78 is 5.41. The highest BCUT2D eigenvalue weighted by Crippen LogP contribution is 2.25. The van der Waals surface area contributed by atoms with Crippen molar-refractivity contribution in [1.29, 1.82) is 0 Å². The fourth-order valence-corrected chi connectivity index (χ4v) is 2.82. The molecule has 0 unspecified atom stereocenters. The number of aromatic amines is 1. The summed E-state index contributed by atoms with van der Waals surface area (Å²) in [6, 6.07) is 0. The molecule has 0 bridgehead atoms. The molecule has 0 aromatic carbocycles. The zero-order chi connectivity index (χ0) is 13.0. The van der Waals surface area contributed by atoms with Gasteiger partial charge in [-0.1, -0.05) is 23.2 Å². The van der Waals surface area contributed by atoms with Crippen molar-refractivity contribution >= 4 is 28.3 Å². The fraction of sp³-hybridized carbons (Fsp3) is 0.556. The second-order valence-corrected chi connectivity index (χ2v) is 5.33. The highest BCUT2D eigenvalue weighted by molar-refractivity contribution is 7.98. The number of hydrogen-bond acceptors (Lipinski definition) is 7. The Balaban J connectivity index is 2.00. The van der Waals surface area contributed by atoms with Crippen LogP contribution in [0.5, 0.6) is 0 Å². The predicted molar refractivity (Wildman–Crippen MR) is 72.1 cm³/mol. The van der Waals surface area contributed by atoms with Gasteiger partial charge in [0.25, 0.3) is 0 Å². The topological polar surface area (TPSA) is 88.5 Å². The lowest BCUT2D eigenvalue weighted by Crippen LogP contribution is -2.12. The fourth-order valence-electron chi connectivity index (χ4n) is 1.27. The second-order valence-electron chi connectivity index (χ2n) is 3.63. The van der Waals surface area contributed by atoms with Gasteiger partial charge in [0.15, 0.2) is 5.16 Å². The molecular weight excluding hydrogens is 272 g/mol. The first kappa shape index (κ1) is 13.1. The molecule has 2 aromatic rings. The number of rotatable bonds is 6. The van der Waals surface area contributed by atoms with Gasteiger partial charge in [-0.25, -0.2) is 9.89 Å². The lowest BCUT2D eigenvalue weighted by atomic mass is 10.4. The minimum Gasteiger partial charge on any atom is -0.374 e. The van der Waals surface area contributed by atoms with Crippen molar-refractivity contribution in [2.24, 2.45) is 7.05 Å². The van der Waals surface area contributed by atoms with Gasteiger partial charge >= 0.3 is 5.69 Å². The van der Waals surface area contributed by atoms with E-state index < -0.39 is 0 Å². The molecule has 0 aliphatic rings. The van der Waals surface area contributed by atoms with Gasteiger partial charge in [0.2, 0.25) is 0 Å². The smallest absolute Gasteiger partial charge is 0.343 e. The van der Waals surface area contributed by atoms with Gasteiger partial charge in [-0.2, -0.15) is 0 Å². The van der Waals surface area contributed by atoms with Crippen molar-refractivity contribution in [3.8, 4) is 0 Å². The van der Waals surface area contributed by atoms with Crippen molar-refractivity contribution in [2.45, 2.75) is 24.3 Å². The third-order valence-corrected chi connectivity index (χ3v) is 4.04. The molecule has 9 heteroatoms. The van der Waals surface area contributed by atoms with Crippen LogP contribution in [0.4, 0.5) is 5.00 Å². The van der Waals surface area contributed by atoms with E-state index in [4.69, 9.17) is 0 Å². The molecule has 0 radical (unpaired) electrons. The average Bonchev–Trinajstić information content (AvgIpc) is 2.94. The molecule has 2 rings (SSSR count). The van der Waals surface area contributed by atoms with Crippen molar-refractivity contribution < 1.29 is 0 Å². The van der Waals surface area contributed by atoms with E-state index in [1.807, 2.05) is 0 Å².